The summed E-state index contributed by atoms with van der Waals surface area (Å²) >= 11 is 0. The van der Waals surface area contributed by atoms with Crippen LogP contribution in [0, 0.1) is 11.3 Å². The van der Waals surface area contributed by atoms with Gasteiger partial charge in [-0.25, -0.2) is 0 Å². The highest BCUT2D eigenvalue weighted by Crippen LogP contribution is 2.38. The smallest absolute Gasteiger partial charge is 0.0523 e. The summed E-state index contributed by atoms with van der Waals surface area (Å²) in [6, 6.07) is 0. The van der Waals surface area contributed by atoms with Gasteiger partial charge in [-0.05, 0) is 6.42 Å². The van der Waals surface area contributed by atoms with E-state index in [0.717, 1.165) is 25.7 Å². The summed E-state index contributed by atoms with van der Waals surface area (Å²) < 4.78 is 0. The maximum atomic E-state index is 11.5. The molecule has 0 bridgehead atoms. The first-order valence-corrected chi connectivity index (χ1v) is 7.33. The molecule has 4 heteroatoms. The summed E-state index contributed by atoms with van der Waals surface area (Å²) in [5.41, 5.74) is -1.46. The molecule has 0 aromatic heterocycles. The minimum absolute atomic E-state index is 0.279. The molecule has 0 fully saturated rings. The van der Waals surface area contributed by atoms with Crippen molar-refractivity contribution in [2.45, 2.75) is 51.9 Å². The molecular weight excluding hydrogens is 256 g/mol. The lowest BCUT2D eigenvalue weighted by Gasteiger charge is -2.40. The van der Waals surface area contributed by atoms with Crippen LogP contribution < -0.4 is 10.2 Å². The molecule has 1 rings (SSSR count). The highest BCUT2D eigenvalue weighted by atomic mass is 16.4. The summed E-state index contributed by atoms with van der Waals surface area (Å²) in [6.45, 7) is 2.13. The van der Waals surface area contributed by atoms with Gasteiger partial charge in [-0.3, -0.25) is 0 Å². The van der Waals surface area contributed by atoms with Gasteiger partial charge in [-0.2, -0.15) is 0 Å². The lowest BCUT2D eigenvalue weighted by Crippen LogP contribution is -2.51. The Kier molecular flexibility index (Phi) is 6.49. The average molecular weight is 278 g/mol. The number of rotatable bonds is 9. The quantitative estimate of drug-likeness (QED) is 0.588. The summed E-state index contributed by atoms with van der Waals surface area (Å²) in [6.07, 6.45) is 12.3. The maximum Gasteiger partial charge on any atom is 0.0523 e. The van der Waals surface area contributed by atoms with Crippen molar-refractivity contribution in [3.05, 3.63) is 24.3 Å². The van der Waals surface area contributed by atoms with Crippen LogP contribution in [-0.4, -0.2) is 11.9 Å². The molecule has 0 heterocycles. The standard InChI is InChI=1S/C16H24O4/c1-2-3-4-5-6-8-11-16(15(19)20)12-9-7-10-13(16)14(17)18/h7,9-10,12-13H,2-6,8,11H2,1H3,(H,17,18)(H,19,20)/p-2. The Hall–Kier alpha value is -1.58. The fourth-order valence-corrected chi connectivity index (χ4v) is 2.70. The number of carbonyl (C=O) groups is 2. The highest BCUT2D eigenvalue weighted by Gasteiger charge is 2.38. The average Bonchev–Trinajstić information content (AvgIpc) is 2.42. The van der Waals surface area contributed by atoms with Crippen LogP contribution >= 0.6 is 0 Å². The molecular formula is C16H22O4-2. The van der Waals surface area contributed by atoms with Crippen LogP contribution in [0.3, 0.4) is 0 Å². The van der Waals surface area contributed by atoms with Crippen molar-refractivity contribution >= 4 is 11.9 Å². The second kappa shape index (κ2) is 7.88. The SMILES string of the molecule is CCCCCCCCC1(C(=O)[O-])C=CC=CC1C(=O)[O-]. The van der Waals surface area contributed by atoms with E-state index in [-0.39, 0.29) is 6.42 Å². The molecule has 0 radical (unpaired) electrons. The van der Waals surface area contributed by atoms with Crippen molar-refractivity contribution in [1.82, 2.24) is 0 Å². The van der Waals surface area contributed by atoms with Crippen LogP contribution in [0.1, 0.15) is 51.9 Å². The van der Waals surface area contributed by atoms with Crippen molar-refractivity contribution in [1.29, 1.82) is 0 Å². The van der Waals surface area contributed by atoms with Crippen LogP contribution in [0.4, 0.5) is 0 Å². The minimum Gasteiger partial charge on any atom is -0.549 e. The molecule has 20 heavy (non-hydrogen) atoms. The molecule has 4 nitrogen and oxygen atoms in total. The summed E-state index contributed by atoms with van der Waals surface area (Å²) in [5, 5.41) is 22.6. The largest absolute Gasteiger partial charge is 0.549 e. The molecule has 0 saturated heterocycles. The third-order valence-electron chi connectivity index (χ3n) is 3.94. The monoisotopic (exact) mass is 278 g/mol. The zero-order valence-corrected chi connectivity index (χ0v) is 12.0. The summed E-state index contributed by atoms with van der Waals surface area (Å²) in [5.74, 6) is -3.84. The van der Waals surface area contributed by atoms with E-state index in [9.17, 15) is 19.8 Å². The lowest BCUT2D eigenvalue weighted by molar-refractivity contribution is -0.330. The van der Waals surface area contributed by atoms with E-state index >= 15 is 0 Å². The van der Waals surface area contributed by atoms with Gasteiger partial charge in [0.1, 0.15) is 0 Å². The van der Waals surface area contributed by atoms with E-state index in [1.807, 2.05) is 0 Å². The van der Waals surface area contributed by atoms with Crippen molar-refractivity contribution < 1.29 is 19.8 Å². The number of allylic oxidation sites excluding steroid dienone is 2. The molecule has 0 aliphatic heterocycles. The zero-order chi connectivity index (χ0) is 15.0. The molecule has 0 aromatic rings. The third-order valence-corrected chi connectivity index (χ3v) is 3.94. The number of aliphatic carboxylic acids is 2. The minimum atomic E-state index is -1.46. The first-order valence-electron chi connectivity index (χ1n) is 7.33. The van der Waals surface area contributed by atoms with Crippen molar-refractivity contribution in [2.24, 2.45) is 11.3 Å². The van der Waals surface area contributed by atoms with Gasteiger partial charge in [0.15, 0.2) is 0 Å². The third kappa shape index (κ3) is 3.95. The molecule has 0 N–H and O–H groups in total. The lowest BCUT2D eigenvalue weighted by atomic mass is 9.69. The second-order valence-corrected chi connectivity index (χ2v) is 5.39. The number of carboxylic acids is 2. The molecule has 0 saturated carbocycles. The van der Waals surface area contributed by atoms with Crippen molar-refractivity contribution in [3.63, 3.8) is 0 Å². The molecule has 112 valence electrons. The molecule has 1 aliphatic carbocycles. The van der Waals surface area contributed by atoms with Crippen LogP contribution in [-0.2, 0) is 9.59 Å². The number of hydrogen-bond acceptors (Lipinski definition) is 4. The van der Waals surface area contributed by atoms with Crippen LogP contribution in [0.2, 0.25) is 0 Å². The van der Waals surface area contributed by atoms with E-state index in [0.29, 0.717) is 6.42 Å². The second-order valence-electron chi connectivity index (χ2n) is 5.39. The van der Waals surface area contributed by atoms with E-state index in [1.165, 1.54) is 18.6 Å². The summed E-state index contributed by atoms with van der Waals surface area (Å²) in [7, 11) is 0. The maximum absolute atomic E-state index is 11.5. The van der Waals surface area contributed by atoms with Gasteiger partial charge in [0.25, 0.3) is 0 Å². The molecule has 0 aromatic carbocycles. The van der Waals surface area contributed by atoms with Gasteiger partial charge >= 0.3 is 0 Å². The van der Waals surface area contributed by atoms with Crippen LogP contribution in [0.15, 0.2) is 24.3 Å². The van der Waals surface area contributed by atoms with Crippen molar-refractivity contribution in [3.8, 4) is 0 Å². The van der Waals surface area contributed by atoms with Crippen LogP contribution in [0.5, 0.6) is 0 Å². The van der Waals surface area contributed by atoms with E-state index in [2.05, 4.69) is 6.92 Å². The zero-order valence-electron chi connectivity index (χ0n) is 12.0. The Morgan fingerprint density at radius 2 is 1.70 bits per heavy atom. The Morgan fingerprint density at radius 1 is 1.05 bits per heavy atom. The van der Waals surface area contributed by atoms with E-state index in [4.69, 9.17) is 0 Å². The predicted molar refractivity (Wildman–Crippen MR) is 72.2 cm³/mol. The number of unbranched alkanes of at least 4 members (excludes halogenated alkanes) is 5. The Balaban J connectivity index is 2.63. The first kappa shape index (κ1) is 16.5. The fourth-order valence-electron chi connectivity index (χ4n) is 2.70. The molecule has 0 spiro atoms. The number of hydrogen-bond donors (Lipinski definition) is 0. The number of carboxylic acid groups (broad SMARTS) is 2. The van der Waals surface area contributed by atoms with E-state index in [1.54, 1.807) is 12.2 Å². The van der Waals surface area contributed by atoms with Gasteiger partial charge in [-0.15, -0.1) is 0 Å². The molecule has 2 unspecified atom stereocenters. The normalized spacial score (nSPS) is 24.8. The van der Waals surface area contributed by atoms with Crippen LogP contribution in [0.25, 0.3) is 0 Å². The Labute approximate surface area is 120 Å². The highest BCUT2D eigenvalue weighted by molar-refractivity contribution is 5.85. The Morgan fingerprint density at radius 3 is 2.30 bits per heavy atom. The molecule has 2 atom stereocenters. The molecule has 1 aliphatic rings. The predicted octanol–water partition coefficient (Wildman–Crippen LogP) is 0.965. The number of carbonyl (C=O) groups excluding carboxylic acids is 2. The van der Waals surface area contributed by atoms with E-state index < -0.39 is 23.3 Å². The molecule has 0 amide bonds. The van der Waals surface area contributed by atoms with Gasteiger partial charge in [0.05, 0.1) is 5.97 Å². The van der Waals surface area contributed by atoms with Gasteiger partial charge in [0, 0.05) is 17.3 Å². The fraction of sp³-hybridized carbons (Fsp3) is 0.625. The van der Waals surface area contributed by atoms with Gasteiger partial charge in [0.2, 0.25) is 0 Å². The summed E-state index contributed by atoms with van der Waals surface area (Å²) in [4.78, 5) is 22.6. The van der Waals surface area contributed by atoms with Gasteiger partial charge < -0.3 is 19.8 Å². The van der Waals surface area contributed by atoms with Crippen molar-refractivity contribution in [2.75, 3.05) is 0 Å². The Bertz CT molecular complexity index is 397. The first-order chi connectivity index (χ1) is 9.54. The van der Waals surface area contributed by atoms with Gasteiger partial charge in [-0.1, -0.05) is 69.8 Å². The topological polar surface area (TPSA) is 80.3 Å².